The van der Waals surface area contributed by atoms with Gasteiger partial charge in [0, 0.05) is 11.6 Å². The molecule has 3 rings (SSSR count). The summed E-state index contributed by atoms with van der Waals surface area (Å²) in [7, 11) is 1.42. The van der Waals surface area contributed by atoms with Crippen molar-refractivity contribution < 1.29 is 9.13 Å². The van der Waals surface area contributed by atoms with Crippen LogP contribution in [0.25, 0.3) is 10.8 Å². The molecular formula is C17H14FNO2. The molecule has 3 nitrogen and oxygen atoms in total. The lowest BCUT2D eigenvalue weighted by atomic mass is 10.1. The number of benzene rings is 2. The van der Waals surface area contributed by atoms with Crippen molar-refractivity contribution in [3.63, 3.8) is 0 Å². The Bertz CT molecular complexity index is 855. The van der Waals surface area contributed by atoms with Crippen LogP contribution in [0.15, 0.2) is 59.5 Å². The molecule has 0 saturated carbocycles. The van der Waals surface area contributed by atoms with Gasteiger partial charge in [-0.15, -0.1) is 0 Å². The highest BCUT2D eigenvalue weighted by Crippen LogP contribution is 2.18. The summed E-state index contributed by atoms with van der Waals surface area (Å²) in [5.41, 5.74) is 0.634. The van der Waals surface area contributed by atoms with Crippen LogP contribution in [0, 0.1) is 5.82 Å². The minimum Gasteiger partial charge on any atom is -0.494 e. The lowest BCUT2D eigenvalue weighted by Crippen LogP contribution is -2.20. The summed E-state index contributed by atoms with van der Waals surface area (Å²) in [6, 6.07) is 14.0. The molecule has 0 aliphatic carbocycles. The lowest BCUT2D eigenvalue weighted by molar-refractivity contribution is 0.386. The third-order valence-electron chi connectivity index (χ3n) is 3.46. The summed E-state index contributed by atoms with van der Waals surface area (Å²) in [6.45, 7) is 0.324. The van der Waals surface area contributed by atoms with E-state index in [-0.39, 0.29) is 11.3 Å². The average Bonchev–Trinajstić information content (AvgIpc) is 2.51. The summed E-state index contributed by atoms with van der Waals surface area (Å²) in [4.78, 5) is 12.4. The maximum Gasteiger partial charge on any atom is 0.258 e. The third kappa shape index (κ3) is 2.52. The van der Waals surface area contributed by atoms with Crippen molar-refractivity contribution >= 4 is 10.8 Å². The molecule has 0 fully saturated rings. The Morgan fingerprint density at radius 3 is 2.71 bits per heavy atom. The fourth-order valence-electron chi connectivity index (χ4n) is 2.36. The van der Waals surface area contributed by atoms with Gasteiger partial charge in [-0.05, 0) is 35.2 Å². The summed E-state index contributed by atoms with van der Waals surface area (Å²) in [5.74, 6) is -0.228. The van der Waals surface area contributed by atoms with E-state index in [2.05, 4.69) is 0 Å². The summed E-state index contributed by atoms with van der Waals surface area (Å²) < 4.78 is 20.2. The number of hydrogen-bond donors (Lipinski definition) is 0. The predicted molar refractivity (Wildman–Crippen MR) is 80.3 cm³/mol. The number of fused-ring (bicyclic) bond motifs is 1. The molecule has 0 spiro atoms. The van der Waals surface area contributed by atoms with Crippen LogP contribution in [0.3, 0.4) is 0 Å². The van der Waals surface area contributed by atoms with Crippen molar-refractivity contribution in [2.75, 3.05) is 7.11 Å². The topological polar surface area (TPSA) is 31.2 Å². The van der Waals surface area contributed by atoms with Crippen LogP contribution in [0.4, 0.5) is 4.39 Å². The molecule has 2 aromatic carbocycles. The van der Waals surface area contributed by atoms with Crippen molar-refractivity contribution in [1.29, 1.82) is 0 Å². The average molecular weight is 283 g/mol. The second kappa shape index (κ2) is 5.40. The van der Waals surface area contributed by atoms with Gasteiger partial charge in [-0.3, -0.25) is 4.79 Å². The number of halogens is 1. The molecule has 0 saturated heterocycles. The monoisotopic (exact) mass is 283 g/mol. The number of hydrogen-bond acceptors (Lipinski definition) is 2. The normalized spacial score (nSPS) is 10.8. The van der Waals surface area contributed by atoms with Crippen LogP contribution in [-0.4, -0.2) is 11.7 Å². The minimum absolute atomic E-state index is 0.0793. The third-order valence-corrected chi connectivity index (χ3v) is 3.46. The molecule has 0 atom stereocenters. The van der Waals surface area contributed by atoms with E-state index in [9.17, 15) is 9.18 Å². The van der Waals surface area contributed by atoms with Gasteiger partial charge in [0.2, 0.25) is 0 Å². The summed E-state index contributed by atoms with van der Waals surface area (Å²) >= 11 is 0. The van der Waals surface area contributed by atoms with Gasteiger partial charge in [0.1, 0.15) is 0 Å². The quantitative estimate of drug-likeness (QED) is 0.739. The second-order valence-corrected chi connectivity index (χ2v) is 4.80. The van der Waals surface area contributed by atoms with E-state index in [1.54, 1.807) is 29.0 Å². The first-order chi connectivity index (χ1) is 10.2. The van der Waals surface area contributed by atoms with Gasteiger partial charge in [0.25, 0.3) is 5.56 Å². The first kappa shape index (κ1) is 13.4. The lowest BCUT2D eigenvalue weighted by Gasteiger charge is -2.09. The molecule has 0 bridgehead atoms. The SMILES string of the molecule is COc1ccc(Cn2ccc3ccccc3c2=O)cc1F. The molecule has 0 radical (unpaired) electrons. The van der Waals surface area contributed by atoms with E-state index in [4.69, 9.17) is 4.74 Å². The fourth-order valence-corrected chi connectivity index (χ4v) is 2.36. The highest BCUT2D eigenvalue weighted by Gasteiger charge is 2.06. The maximum absolute atomic E-state index is 13.7. The van der Waals surface area contributed by atoms with Gasteiger partial charge < -0.3 is 9.30 Å². The summed E-state index contributed by atoms with van der Waals surface area (Å²) in [6.07, 6.45) is 1.73. The molecule has 0 unspecified atom stereocenters. The molecule has 0 N–H and O–H groups in total. The van der Waals surface area contributed by atoms with Crippen LogP contribution in [0.5, 0.6) is 5.75 Å². The van der Waals surface area contributed by atoms with Gasteiger partial charge in [-0.1, -0.05) is 24.3 Å². The van der Waals surface area contributed by atoms with E-state index < -0.39 is 5.82 Å². The molecule has 106 valence electrons. The van der Waals surface area contributed by atoms with E-state index in [0.29, 0.717) is 17.5 Å². The van der Waals surface area contributed by atoms with Gasteiger partial charge in [0.05, 0.1) is 13.7 Å². The highest BCUT2D eigenvalue weighted by atomic mass is 19.1. The van der Waals surface area contributed by atoms with E-state index in [1.807, 2.05) is 24.3 Å². The number of methoxy groups -OCH3 is 1. The Balaban J connectivity index is 2.00. The number of ether oxygens (including phenoxy) is 1. The standard InChI is InChI=1S/C17H14FNO2/c1-21-16-7-6-12(10-15(16)18)11-19-9-8-13-4-2-3-5-14(13)17(19)20/h2-10H,11H2,1H3. The molecular weight excluding hydrogens is 269 g/mol. The van der Waals surface area contributed by atoms with Crippen LogP contribution < -0.4 is 10.3 Å². The number of pyridine rings is 1. The van der Waals surface area contributed by atoms with E-state index >= 15 is 0 Å². The fraction of sp³-hybridized carbons (Fsp3) is 0.118. The van der Waals surface area contributed by atoms with E-state index in [1.165, 1.54) is 13.2 Å². The zero-order valence-corrected chi connectivity index (χ0v) is 11.5. The number of nitrogens with zero attached hydrogens (tertiary/aromatic N) is 1. The predicted octanol–water partition coefficient (Wildman–Crippen LogP) is 3.20. The van der Waals surface area contributed by atoms with Crippen LogP contribution >= 0.6 is 0 Å². The first-order valence-corrected chi connectivity index (χ1v) is 6.59. The Morgan fingerprint density at radius 2 is 1.95 bits per heavy atom. The second-order valence-electron chi connectivity index (χ2n) is 4.80. The van der Waals surface area contributed by atoms with Crippen molar-refractivity contribution in [2.24, 2.45) is 0 Å². The highest BCUT2D eigenvalue weighted by molar-refractivity contribution is 5.81. The van der Waals surface area contributed by atoms with Gasteiger partial charge in [0.15, 0.2) is 11.6 Å². The van der Waals surface area contributed by atoms with E-state index in [0.717, 1.165) is 5.39 Å². The zero-order valence-electron chi connectivity index (χ0n) is 11.5. The van der Waals surface area contributed by atoms with Crippen molar-refractivity contribution in [3.05, 3.63) is 76.5 Å². The molecule has 21 heavy (non-hydrogen) atoms. The van der Waals surface area contributed by atoms with Crippen molar-refractivity contribution in [2.45, 2.75) is 6.54 Å². The largest absolute Gasteiger partial charge is 0.494 e. The van der Waals surface area contributed by atoms with Crippen molar-refractivity contribution in [1.82, 2.24) is 4.57 Å². The van der Waals surface area contributed by atoms with Gasteiger partial charge in [-0.25, -0.2) is 4.39 Å². The molecule has 1 aromatic heterocycles. The van der Waals surface area contributed by atoms with Gasteiger partial charge in [-0.2, -0.15) is 0 Å². The smallest absolute Gasteiger partial charge is 0.258 e. The zero-order chi connectivity index (χ0) is 14.8. The number of aromatic nitrogens is 1. The van der Waals surface area contributed by atoms with Crippen molar-refractivity contribution in [3.8, 4) is 5.75 Å². The summed E-state index contributed by atoms with van der Waals surface area (Å²) in [5, 5.41) is 1.56. The Labute approximate surface area is 121 Å². The van der Waals surface area contributed by atoms with Crippen LogP contribution in [-0.2, 0) is 6.54 Å². The molecule has 0 aliphatic heterocycles. The molecule has 3 aromatic rings. The van der Waals surface area contributed by atoms with Crippen LogP contribution in [0.1, 0.15) is 5.56 Å². The molecule has 0 aliphatic rings. The first-order valence-electron chi connectivity index (χ1n) is 6.59. The Morgan fingerprint density at radius 1 is 1.14 bits per heavy atom. The minimum atomic E-state index is -0.427. The van der Waals surface area contributed by atoms with Gasteiger partial charge >= 0.3 is 0 Å². The molecule has 0 amide bonds. The van der Waals surface area contributed by atoms with Crippen LogP contribution in [0.2, 0.25) is 0 Å². The molecule has 4 heteroatoms. The Kier molecular flexibility index (Phi) is 3.44. The molecule has 1 heterocycles. The number of rotatable bonds is 3. The Hall–Kier alpha value is -2.62. The maximum atomic E-state index is 13.7.